The van der Waals surface area contributed by atoms with E-state index < -0.39 is 0 Å². The lowest BCUT2D eigenvalue weighted by molar-refractivity contribution is -0.115. The molecule has 1 aliphatic heterocycles. The second kappa shape index (κ2) is 5.31. The summed E-state index contributed by atoms with van der Waals surface area (Å²) < 4.78 is 0. The summed E-state index contributed by atoms with van der Waals surface area (Å²) in [6.07, 6.45) is 1.76. The molecular formula is C16H11ClN2O. The van der Waals surface area contributed by atoms with E-state index in [1.165, 1.54) is 0 Å². The highest BCUT2D eigenvalue weighted by atomic mass is 35.5. The van der Waals surface area contributed by atoms with Gasteiger partial charge in [-0.15, -0.1) is 0 Å². The maximum atomic E-state index is 11.9. The molecule has 1 amide bonds. The van der Waals surface area contributed by atoms with Crippen molar-refractivity contribution < 1.29 is 4.79 Å². The summed E-state index contributed by atoms with van der Waals surface area (Å²) in [5, 5.41) is 3.41. The number of hydrogen-bond donors (Lipinski definition) is 1. The first-order valence-electron chi connectivity index (χ1n) is 6.15. The van der Waals surface area contributed by atoms with E-state index in [2.05, 4.69) is 10.3 Å². The first kappa shape index (κ1) is 12.6. The fraction of sp³-hybridized carbons (Fsp3) is 0. The predicted octanol–water partition coefficient (Wildman–Crippen LogP) is 3.26. The lowest BCUT2D eigenvalue weighted by atomic mass is 10.2. The Morgan fingerprint density at radius 1 is 1.00 bits per heavy atom. The first-order chi connectivity index (χ1) is 9.72. The average Bonchev–Trinajstić information content (AvgIpc) is 2.82. The van der Waals surface area contributed by atoms with Crippen LogP contribution in [0.5, 0.6) is 0 Å². The van der Waals surface area contributed by atoms with Crippen LogP contribution in [0.3, 0.4) is 0 Å². The molecule has 0 unspecified atom stereocenters. The van der Waals surface area contributed by atoms with Crippen LogP contribution in [0.2, 0.25) is 5.02 Å². The van der Waals surface area contributed by atoms with Crippen LogP contribution < -0.4 is 5.32 Å². The first-order valence-corrected chi connectivity index (χ1v) is 6.53. The van der Waals surface area contributed by atoms with Crippen molar-refractivity contribution in [1.29, 1.82) is 0 Å². The normalized spacial score (nSPS) is 16.1. The third-order valence-electron chi connectivity index (χ3n) is 2.92. The van der Waals surface area contributed by atoms with Crippen LogP contribution in [-0.2, 0) is 4.79 Å². The summed E-state index contributed by atoms with van der Waals surface area (Å²) in [4.78, 5) is 16.2. The summed E-state index contributed by atoms with van der Waals surface area (Å²) in [6.45, 7) is 0. The predicted molar refractivity (Wildman–Crippen MR) is 80.6 cm³/mol. The minimum atomic E-state index is -0.196. The number of nitrogens with zero attached hydrogens (tertiary/aromatic N) is 1. The summed E-state index contributed by atoms with van der Waals surface area (Å²) in [7, 11) is 0. The number of nitrogens with one attached hydrogen (secondary N) is 1. The minimum Gasteiger partial charge on any atom is -0.305 e. The summed E-state index contributed by atoms with van der Waals surface area (Å²) in [5.41, 5.74) is 2.18. The molecule has 20 heavy (non-hydrogen) atoms. The zero-order valence-corrected chi connectivity index (χ0v) is 11.3. The molecule has 1 aliphatic rings. The number of rotatable bonds is 2. The number of amidine groups is 1. The minimum absolute atomic E-state index is 0.196. The molecule has 2 aromatic rings. The zero-order chi connectivity index (χ0) is 13.9. The molecule has 0 atom stereocenters. The second-order valence-corrected chi connectivity index (χ2v) is 4.80. The maximum absolute atomic E-state index is 11.9. The van der Waals surface area contributed by atoms with Crippen LogP contribution in [0.1, 0.15) is 11.1 Å². The smallest absolute Gasteiger partial charge is 0.275 e. The van der Waals surface area contributed by atoms with E-state index in [1.807, 2.05) is 42.5 Å². The van der Waals surface area contributed by atoms with Gasteiger partial charge in [0.1, 0.15) is 11.5 Å². The monoisotopic (exact) mass is 282 g/mol. The molecule has 98 valence electrons. The molecule has 4 heteroatoms. The van der Waals surface area contributed by atoms with Gasteiger partial charge in [-0.25, -0.2) is 4.99 Å². The van der Waals surface area contributed by atoms with Crippen molar-refractivity contribution in [2.24, 2.45) is 4.99 Å². The summed E-state index contributed by atoms with van der Waals surface area (Å²) in [6, 6.07) is 16.8. The molecule has 1 N–H and O–H groups in total. The van der Waals surface area contributed by atoms with Crippen molar-refractivity contribution in [3.8, 4) is 0 Å². The molecule has 0 saturated carbocycles. The summed E-state index contributed by atoms with van der Waals surface area (Å²) in [5.74, 6) is 0.354. The van der Waals surface area contributed by atoms with Gasteiger partial charge in [-0.3, -0.25) is 4.79 Å². The Labute approximate surface area is 121 Å². The molecule has 0 fully saturated rings. The van der Waals surface area contributed by atoms with Gasteiger partial charge in [0.05, 0.1) is 0 Å². The molecule has 0 saturated heterocycles. The van der Waals surface area contributed by atoms with E-state index in [1.54, 1.807) is 18.2 Å². The number of carbonyl (C=O) groups is 1. The van der Waals surface area contributed by atoms with Gasteiger partial charge < -0.3 is 5.32 Å². The van der Waals surface area contributed by atoms with Gasteiger partial charge in [0.15, 0.2) is 0 Å². The Kier molecular flexibility index (Phi) is 3.35. The van der Waals surface area contributed by atoms with E-state index >= 15 is 0 Å². The third-order valence-corrected chi connectivity index (χ3v) is 3.17. The Bertz CT molecular complexity index is 703. The Morgan fingerprint density at radius 2 is 1.70 bits per heavy atom. The lowest BCUT2D eigenvalue weighted by Gasteiger charge is -1.99. The molecule has 0 bridgehead atoms. The number of amides is 1. The van der Waals surface area contributed by atoms with Gasteiger partial charge in [-0.2, -0.15) is 0 Å². The number of benzene rings is 2. The van der Waals surface area contributed by atoms with E-state index in [0.717, 1.165) is 11.1 Å². The highest BCUT2D eigenvalue weighted by Crippen LogP contribution is 2.16. The van der Waals surface area contributed by atoms with E-state index in [0.29, 0.717) is 16.6 Å². The summed E-state index contributed by atoms with van der Waals surface area (Å²) >= 11 is 5.84. The SMILES string of the molecule is O=C1NC(c2ccc(Cl)cc2)=N/C1=C\c1ccccc1. The topological polar surface area (TPSA) is 41.5 Å². The fourth-order valence-corrected chi connectivity index (χ4v) is 2.05. The van der Waals surface area contributed by atoms with Crippen molar-refractivity contribution in [3.63, 3.8) is 0 Å². The maximum Gasteiger partial charge on any atom is 0.275 e. The van der Waals surface area contributed by atoms with E-state index in [4.69, 9.17) is 11.6 Å². The Hall–Kier alpha value is -2.39. The molecular weight excluding hydrogens is 272 g/mol. The van der Waals surface area contributed by atoms with Gasteiger partial charge in [0.25, 0.3) is 5.91 Å². The standard InChI is InChI=1S/C16H11ClN2O/c17-13-8-6-12(7-9-13)15-18-14(16(20)19-15)10-11-4-2-1-3-5-11/h1-10H,(H,18,19,20)/b14-10-. The molecule has 1 heterocycles. The van der Waals surface area contributed by atoms with Gasteiger partial charge >= 0.3 is 0 Å². The number of aliphatic imine (C=N–C) groups is 1. The van der Waals surface area contributed by atoms with Crippen LogP contribution in [-0.4, -0.2) is 11.7 Å². The van der Waals surface area contributed by atoms with Crippen molar-refractivity contribution in [2.75, 3.05) is 0 Å². The molecule has 2 aromatic carbocycles. The number of carbonyl (C=O) groups excluding carboxylic acids is 1. The van der Waals surface area contributed by atoms with Gasteiger partial charge in [0, 0.05) is 10.6 Å². The fourth-order valence-electron chi connectivity index (χ4n) is 1.92. The van der Waals surface area contributed by atoms with Crippen LogP contribution in [0.25, 0.3) is 6.08 Å². The Balaban J connectivity index is 1.93. The molecule has 0 aromatic heterocycles. The Morgan fingerprint density at radius 3 is 2.40 bits per heavy atom. The molecule has 0 spiro atoms. The number of halogens is 1. The average molecular weight is 283 g/mol. The molecule has 0 radical (unpaired) electrons. The van der Waals surface area contributed by atoms with Crippen molar-refractivity contribution in [2.45, 2.75) is 0 Å². The van der Waals surface area contributed by atoms with Crippen LogP contribution >= 0.6 is 11.6 Å². The lowest BCUT2D eigenvalue weighted by Crippen LogP contribution is -2.24. The van der Waals surface area contributed by atoms with Crippen LogP contribution in [0, 0.1) is 0 Å². The van der Waals surface area contributed by atoms with Gasteiger partial charge in [0.2, 0.25) is 0 Å². The highest BCUT2D eigenvalue weighted by molar-refractivity contribution is 6.30. The molecule has 3 nitrogen and oxygen atoms in total. The van der Waals surface area contributed by atoms with Crippen molar-refractivity contribution >= 4 is 29.4 Å². The second-order valence-electron chi connectivity index (χ2n) is 4.36. The number of hydrogen-bond acceptors (Lipinski definition) is 2. The van der Waals surface area contributed by atoms with E-state index in [-0.39, 0.29) is 5.91 Å². The van der Waals surface area contributed by atoms with E-state index in [9.17, 15) is 4.79 Å². The molecule has 3 rings (SSSR count). The largest absolute Gasteiger partial charge is 0.305 e. The molecule has 0 aliphatic carbocycles. The third kappa shape index (κ3) is 2.63. The zero-order valence-electron chi connectivity index (χ0n) is 10.5. The van der Waals surface area contributed by atoms with Crippen LogP contribution in [0.4, 0.5) is 0 Å². The van der Waals surface area contributed by atoms with Crippen LogP contribution in [0.15, 0.2) is 65.3 Å². The van der Waals surface area contributed by atoms with Crippen molar-refractivity contribution in [3.05, 3.63) is 76.4 Å². The van der Waals surface area contributed by atoms with Gasteiger partial charge in [-0.1, -0.05) is 41.9 Å². The highest BCUT2D eigenvalue weighted by Gasteiger charge is 2.20. The quantitative estimate of drug-likeness (QED) is 0.844. The van der Waals surface area contributed by atoms with Gasteiger partial charge in [-0.05, 0) is 35.9 Å². The van der Waals surface area contributed by atoms with Crippen molar-refractivity contribution in [1.82, 2.24) is 5.32 Å².